The lowest BCUT2D eigenvalue weighted by Crippen LogP contribution is -2.55. The smallest absolute Gasteiger partial charge is 0.409 e. The molecule has 4 heterocycles. The number of hydrogen-bond acceptors (Lipinski definition) is 9. The third kappa shape index (κ3) is 5.94. The second-order valence-electron chi connectivity index (χ2n) is 11.1. The number of piperidine rings is 1. The second kappa shape index (κ2) is 10.8. The molecule has 5 atom stereocenters. The van der Waals surface area contributed by atoms with Crippen molar-refractivity contribution in [1.82, 2.24) is 20.0 Å². The molecule has 0 spiro atoms. The van der Waals surface area contributed by atoms with Crippen LogP contribution in [0.3, 0.4) is 0 Å². The van der Waals surface area contributed by atoms with Crippen molar-refractivity contribution in [2.45, 2.75) is 95.3 Å². The average Bonchev–Trinajstić information content (AvgIpc) is 3.52. The molecule has 0 aliphatic carbocycles. The van der Waals surface area contributed by atoms with E-state index in [1.165, 1.54) is 4.90 Å². The third-order valence-electron chi connectivity index (χ3n) is 7.90. The molecule has 0 saturated carbocycles. The van der Waals surface area contributed by atoms with Crippen LogP contribution in [0, 0.1) is 11.3 Å². The number of nitrogens with one attached hydrogen (secondary N) is 1. The zero-order valence-corrected chi connectivity index (χ0v) is 22.2. The first-order valence-electron chi connectivity index (χ1n) is 13.1. The highest BCUT2D eigenvalue weighted by molar-refractivity contribution is 5.79. The molecule has 202 valence electrons. The van der Waals surface area contributed by atoms with Gasteiger partial charge in [0, 0.05) is 32.2 Å². The third-order valence-corrected chi connectivity index (χ3v) is 7.90. The van der Waals surface area contributed by atoms with Crippen LogP contribution in [0.25, 0.3) is 0 Å². The fraction of sp³-hybridized carbons (Fsp3) is 0.880. The van der Waals surface area contributed by atoms with E-state index < -0.39 is 30.4 Å². The molecule has 0 radical (unpaired) electrons. The summed E-state index contributed by atoms with van der Waals surface area (Å²) in [4.78, 5) is 30.7. The molecule has 4 aliphatic rings. The number of fused-ring (bicyclic) bond motifs is 1. The predicted molar refractivity (Wildman–Crippen MR) is 130 cm³/mol. The summed E-state index contributed by atoms with van der Waals surface area (Å²) in [7, 11) is 1.70. The predicted octanol–water partition coefficient (Wildman–Crippen LogP) is 1.28. The summed E-state index contributed by atoms with van der Waals surface area (Å²) in [5.41, 5.74) is -0.160. The highest BCUT2D eigenvalue weighted by Gasteiger charge is 2.57. The lowest BCUT2D eigenvalue weighted by Gasteiger charge is -2.41. The number of nitrogens with zero attached hydrogens (tertiary/aromatic N) is 4. The topological polar surface area (TPSA) is 117 Å². The number of nitriles is 1. The molecule has 0 aromatic carbocycles. The molecule has 4 aliphatic heterocycles. The van der Waals surface area contributed by atoms with Crippen LogP contribution >= 0.6 is 0 Å². The molecule has 0 bridgehead atoms. The molecule has 4 fully saturated rings. The van der Waals surface area contributed by atoms with Crippen LogP contribution in [0.5, 0.6) is 0 Å². The highest BCUT2D eigenvalue weighted by Crippen LogP contribution is 2.39. The lowest BCUT2D eigenvalue weighted by atomic mass is 9.89. The van der Waals surface area contributed by atoms with E-state index in [0.29, 0.717) is 19.6 Å². The van der Waals surface area contributed by atoms with Crippen LogP contribution in [0.1, 0.15) is 53.4 Å². The molecular weight excluding hydrogens is 466 g/mol. The Bertz CT molecular complexity index is 854. The van der Waals surface area contributed by atoms with Crippen molar-refractivity contribution in [2.75, 3.05) is 46.3 Å². The van der Waals surface area contributed by atoms with Gasteiger partial charge in [0.05, 0.1) is 12.6 Å². The van der Waals surface area contributed by atoms with E-state index >= 15 is 0 Å². The summed E-state index contributed by atoms with van der Waals surface area (Å²) in [6, 6.07) is 1.94. The molecule has 36 heavy (non-hydrogen) atoms. The van der Waals surface area contributed by atoms with Crippen molar-refractivity contribution >= 4 is 12.0 Å². The monoisotopic (exact) mass is 507 g/mol. The van der Waals surface area contributed by atoms with E-state index in [-0.39, 0.29) is 30.1 Å². The van der Waals surface area contributed by atoms with E-state index in [1.807, 2.05) is 20.8 Å². The maximum Gasteiger partial charge on any atom is 0.409 e. The van der Waals surface area contributed by atoms with Gasteiger partial charge in [0.2, 0.25) is 5.91 Å². The molecule has 1 N–H and O–H groups in total. The standard InChI is InChI=1S/C25H41N5O6/c1-6-28(5)23(32)34-20-18(33-22-21(20)35-24(2,3)36-22)16-29-12-9-25(4,10-13-29)27-15-19(31)30-11-7-8-17(30)14-26/h17-18,20-22,27H,6-13,15-16H2,1-5H3/t17-,18+,20-,21+,22+/m0/s1. The molecule has 4 saturated heterocycles. The van der Waals surface area contributed by atoms with Crippen LogP contribution in [0.4, 0.5) is 4.79 Å². The van der Waals surface area contributed by atoms with Gasteiger partial charge in [-0.05, 0) is 66.5 Å². The number of likely N-dealkylation sites (tertiary alicyclic amines) is 2. The van der Waals surface area contributed by atoms with Gasteiger partial charge in [-0.3, -0.25) is 4.79 Å². The molecule has 0 unspecified atom stereocenters. The Balaban J connectivity index is 1.29. The van der Waals surface area contributed by atoms with Crippen molar-refractivity contribution < 1.29 is 28.5 Å². The molecule has 0 aromatic rings. The Hall–Kier alpha value is -1.97. The number of carbonyl (C=O) groups excluding carboxylic acids is 2. The maximum absolute atomic E-state index is 12.6. The summed E-state index contributed by atoms with van der Waals surface area (Å²) in [6.07, 6.45) is 1.03. The first-order chi connectivity index (χ1) is 17.0. The molecule has 11 heteroatoms. The van der Waals surface area contributed by atoms with E-state index in [4.69, 9.17) is 18.9 Å². The van der Waals surface area contributed by atoms with Gasteiger partial charge in [-0.25, -0.2) is 4.79 Å². The van der Waals surface area contributed by atoms with Crippen molar-refractivity contribution in [2.24, 2.45) is 0 Å². The number of rotatable bonds is 7. The summed E-state index contributed by atoms with van der Waals surface area (Å²) in [6.45, 7) is 11.4. The number of carbonyl (C=O) groups is 2. The summed E-state index contributed by atoms with van der Waals surface area (Å²) < 4.78 is 24.0. The van der Waals surface area contributed by atoms with Gasteiger partial charge < -0.3 is 39.0 Å². The average molecular weight is 508 g/mol. The first kappa shape index (κ1) is 27.1. The minimum absolute atomic E-state index is 0.00164. The fourth-order valence-electron chi connectivity index (χ4n) is 5.42. The largest absolute Gasteiger partial charge is 0.440 e. The van der Waals surface area contributed by atoms with Crippen molar-refractivity contribution in [1.29, 1.82) is 5.26 Å². The van der Waals surface area contributed by atoms with E-state index in [0.717, 1.165) is 38.8 Å². The van der Waals surface area contributed by atoms with Crippen molar-refractivity contribution in [3.8, 4) is 6.07 Å². The maximum atomic E-state index is 12.6. The quantitative estimate of drug-likeness (QED) is 0.544. The van der Waals surface area contributed by atoms with E-state index in [9.17, 15) is 14.9 Å². The Labute approximate surface area is 213 Å². The van der Waals surface area contributed by atoms with Crippen LogP contribution in [-0.4, -0.2) is 115 Å². The van der Waals surface area contributed by atoms with Gasteiger partial charge in [0.1, 0.15) is 12.1 Å². The Kier molecular flexibility index (Phi) is 8.12. The Morgan fingerprint density at radius 3 is 2.58 bits per heavy atom. The van der Waals surface area contributed by atoms with Crippen molar-refractivity contribution in [3.63, 3.8) is 0 Å². The van der Waals surface area contributed by atoms with Crippen LogP contribution in [0.15, 0.2) is 0 Å². The minimum Gasteiger partial charge on any atom is -0.440 e. The van der Waals surface area contributed by atoms with E-state index in [2.05, 4.69) is 23.2 Å². The van der Waals surface area contributed by atoms with Crippen molar-refractivity contribution in [3.05, 3.63) is 0 Å². The van der Waals surface area contributed by atoms with E-state index in [1.54, 1.807) is 11.9 Å². The second-order valence-corrected chi connectivity index (χ2v) is 11.1. The van der Waals surface area contributed by atoms with Gasteiger partial charge in [-0.15, -0.1) is 0 Å². The van der Waals surface area contributed by atoms with Gasteiger partial charge in [-0.2, -0.15) is 5.26 Å². The summed E-state index contributed by atoms with van der Waals surface area (Å²) in [5, 5.41) is 12.7. The molecular formula is C25H41N5O6. The highest BCUT2D eigenvalue weighted by atomic mass is 16.8. The van der Waals surface area contributed by atoms with Crippen LogP contribution in [-0.2, 0) is 23.7 Å². The van der Waals surface area contributed by atoms with Crippen LogP contribution in [0.2, 0.25) is 0 Å². The molecule has 11 nitrogen and oxygen atoms in total. The van der Waals surface area contributed by atoms with Gasteiger partial charge in [-0.1, -0.05) is 0 Å². The van der Waals surface area contributed by atoms with Crippen LogP contribution < -0.4 is 5.32 Å². The first-order valence-corrected chi connectivity index (χ1v) is 13.1. The molecule has 0 aromatic heterocycles. The SMILES string of the molecule is CCN(C)C(=O)O[C@@H]1[C@H]2OC(C)(C)O[C@H]2O[C@@H]1CN1CCC(C)(NCC(=O)N2CCC[C@H]2C#N)CC1. The molecule has 2 amide bonds. The summed E-state index contributed by atoms with van der Waals surface area (Å²) >= 11 is 0. The molecule has 4 rings (SSSR count). The Morgan fingerprint density at radius 1 is 1.19 bits per heavy atom. The van der Waals surface area contributed by atoms with Gasteiger partial charge in [0.25, 0.3) is 0 Å². The minimum atomic E-state index is -0.792. The zero-order valence-electron chi connectivity index (χ0n) is 22.2. The zero-order chi connectivity index (χ0) is 26.1. The van der Waals surface area contributed by atoms with Gasteiger partial charge in [0.15, 0.2) is 24.3 Å². The normalized spacial score (nSPS) is 33.2. The fourth-order valence-corrected chi connectivity index (χ4v) is 5.42. The number of hydrogen-bond donors (Lipinski definition) is 1. The van der Waals surface area contributed by atoms with Gasteiger partial charge >= 0.3 is 6.09 Å². The number of amides is 2. The summed E-state index contributed by atoms with van der Waals surface area (Å²) in [5.74, 6) is -0.793. The number of ether oxygens (including phenoxy) is 4. The Morgan fingerprint density at radius 2 is 1.92 bits per heavy atom. The lowest BCUT2D eigenvalue weighted by molar-refractivity contribution is -0.217.